The van der Waals surface area contributed by atoms with Crippen LogP contribution in [0.3, 0.4) is 0 Å². The molecule has 2 heterocycles. The summed E-state index contributed by atoms with van der Waals surface area (Å²) in [6.45, 7) is 7.86. The van der Waals surface area contributed by atoms with E-state index in [-0.39, 0.29) is 43.2 Å². The predicted octanol–water partition coefficient (Wildman–Crippen LogP) is 2.74. The number of primary amides is 1. The third-order valence-electron chi connectivity index (χ3n) is 9.57. The van der Waals surface area contributed by atoms with Crippen molar-refractivity contribution in [1.29, 1.82) is 0 Å². The van der Waals surface area contributed by atoms with Crippen LogP contribution in [0.4, 0.5) is 25.4 Å². The van der Waals surface area contributed by atoms with Gasteiger partial charge in [0.15, 0.2) is 0 Å². The number of urea groups is 1. The van der Waals surface area contributed by atoms with Crippen LogP contribution in [0.1, 0.15) is 62.4 Å². The number of nitrogens with one attached hydrogen (secondary N) is 4. The summed E-state index contributed by atoms with van der Waals surface area (Å²) < 4.78 is 22.3. The first-order chi connectivity index (χ1) is 26.7. The van der Waals surface area contributed by atoms with Gasteiger partial charge in [0.25, 0.3) is 0 Å². The second-order valence-electron chi connectivity index (χ2n) is 13.3. The van der Waals surface area contributed by atoms with Crippen LogP contribution in [0, 0.1) is 11.2 Å². The molecule has 1 saturated heterocycles. The zero-order valence-corrected chi connectivity index (χ0v) is 31.7. The summed E-state index contributed by atoms with van der Waals surface area (Å²) in [6, 6.07) is 8.83. The number of amides is 6. The molecular weight excluding hydrogens is 731 g/mol. The highest BCUT2D eigenvalue weighted by molar-refractivity contribution is 6.07. The molecule has 2 fully saturated rings. The fraction of sp³-hybridized carbons (Fsp3) is 0.447. The van der Waals surface area contributed by atoms with Gasteiger partial charge in [0.2, 0.25) is 23.2 Å². The smallest absolute Gasteiger partial charge is 0.410 e. The molecule has 1 aromatic heterocycles. The molecule has 0 radical (unpaired) electrons. The number of aromatic nitrogens is 1. The van der Waals surface area contributed by atoms with E-state index in [2.05, 4.69) is 21.3 Å². The van der Waals surface area contributed by atoms with Gasteiger partial charge in [-0.15, -0.1) is 0 Å². The topological polar surface area (TPSA) is 234 Å². The average Bonchev–Trinajstić information content (AvgIpc) is 3.16. The van der Waals surface area contributed by atoms with Crippen molar-refractivity contribution in [3.63, 3.8) is 0 Å². The maximum atomic E-state index is 15.2. The maximum absolute atomic E-state index is 15.2. The Hall–Kier alpha value is -6.20. The van der Waals surface area contributed by atoms with E-state index in [1.807, 2.05) is 6.92 Å². The van der Waals surface area contributed by atoms with E-state index in [4.69, 9.17) is 10.5 Å². The molecule has 18 heteroatoms. The van der Waals surface area contributed by atoms with Crippen molar-refractivity contribution >= 4 is 58.1 Å². The number of halogens is 1. The molecule has 2 aliphatic rings. The number of carbonyl (C=O) groups is 6. The Kier molecular flexibility index (Phi) is 14.7. The minimum absolute atomic E-state index is 0.0133. The Morgan fingerprint density at radius 3 is 2.12 bits per heavy atom. The fourth-order valence-corrected chi connectivity index (χ4v) is 6.31. The number of carboxylic acid groups (broad SMARTS) is 1. The first kappa shape index (κ1) is 42.5. The molecule has 1 aliphatic heterocycles. The van der Waals surface area contributed by atoms with Crippen molar-refractivity contribution in [2.24, 2.45) is 11.1 Å². The normalized spacial score (nSPS) is 14.4. The minimum atomic E-state index is -1.38. The Balaban J connectivity index is 0.000000908. The number of ether oxygens (including phenoxy) is 1. The molecule has 0 atom stereocenters. The monoisotopic (exact) mass is 780 g/mol. The van der Waals surface area contributed by atoms with Crippen molar-refractivity contribution in [3.8, 4) is 0 Å². The van der Waals surface area contributed by atoms with E-state index in [1.165, 1.54) is 17.2 Å². The number of nitrogens with two attached hydrogens (primary N) is 1. The van der Waals surface area contributed by atoms with Gasteiger partial charge < -0.3 is 51.2 Å². The van der Waals surface area contributed by atoms with Crippen molar-refractivity contribution in [3.05, 3.63) is 69.8 Å². The first-order valence-electron chi connectivity index (χ1n) is 18.5. The minimum Gasteiger partial charge on any atom is -0.477 e. The Morgan fingerprint density at radius 1 is 0.929 bits per heavy atom. The van der Waals surface area contributed by atoms with Crippen LogP contribution in [-0.2, 0) is 32.3 Å². The van der Waals surface area contributed by atoms with Crippen LogP contribution < -0.4 is 37.3 Å². The maximum Gasteiger partial charge on any atom is 0.410 e. The molecule has 56 heavy (non-hydrogen) atoms. The Morgan fingerprint density at radius 2 is 1.59 bits per heavy atom. The van der Waals surface area contributed by atoms with Crippen LogP contribution in [-0.4, -0.2) is 96.2 Å². The number of hydrogen-bond acceptors (Lipinski definition) is 9. The van der Waals surface area contributed by atoms with E-state index in [1.54, 1.807) is 47.6 Å². The number of anilines is 2. The molecule has 3 aromatic rings. The van der Waals surface area contributed by atoms with Gasteiger partial charge in [-0.25, -0.2) is 18.8 Å². The lowest BCUT2D eigenvalue weighted by Crippen LogP contribution is -2.56. The molecule has 0 bridgehead atoms. The summed E-state index contributed by atoms with van der Waals surface area (Å²) in [5, 5.41) is 19.7. The standard InChI is InChI=1S/C34H39FN6O8.C4H10N2O/c1-3-36-31(46)34(10-5-11-34)32(47)37-18-28(42)38-22-8-6-21(7-9-22)20-49-33(48)41-14-12-40(13-15-41)27-17-26-23(16-25(27)35)29(43)24(30(44)45)19-39(26)4-2;1-2-3-6-4(5)7/h6-9,16-17,19H,3-5,10-15,18,20H2,1-2H3,(H,36,46)(H,37,47)(H,38,42)(H,44,45);2-3H2,1H3,(H3,5,6,7). The van der Waals surface area contributed by atoms with E-state index >= 15 is 4.39 Å². The number of aryl methyl sites for hydroxylation is 1. The van der Waals surface area contributed by atoms with Gasteiger partial charge in [0.1, 0.15) is 23.4 Å². The van der Waals surface area contributed by atoms with E-state index in [9.17, 15) is 38.7 Å². The summed E-state index contributed by atoms with van der Waals surface area (Å²) in [6.07, 6.45) is 3.32. The second kappa shape index (κ2) is 19.4. The zero-order valence-electron chi connectivity index (χ0n) is 31.7. The van der Waals surface area contributed by atoms with E-state index in [0.717, 1.165) is 18.9 Å². The lowest BCUT2D eigenvalue weighted by Gasteiger charge is -2.38. The number of fused-ring (bicyclic) bond motifs is 1. The van der Waals surface area contributed by atoms with Crippen LogP contribution in [0.2, 0.25) is 0 Å². The fourth-order valence-electron chi connectivity index (χ4n) is 6.31. The van der Waals surface area contributed by atoms with Crippen LogP contribution >= 0.6 is 0 Å². The number of benzene rings is 2. The summed E-state index contributed by atoms with van der Waals surface area (Å²) in [5.41, 5.74) is 4.27. The third kappa shape index (κ3) is 10.3. The number of nitrogens with zero attached hydrogens (tertiary/aromatic N) is 3. The number of hydrogen-bond donors (Lipinski definition) is 6. The molecule has 5 rings (SSSR count). The highest BCUT2D eigenvalue weighted by atomic mass is 19.1. The van der Waals surface area contributed by atoms with Gasteiger partial charge in [-0.2, -0.15) is 0 Å². The molecule has 7 N–H and O–H groups in total. The molecule has 0 unspecified atom stereocenters. The van der Waals surface area contributed by atoms with Crippen LogP contribution in [0.5, 0.6) is 0 Å². The highest BCUT2D eigenvalue weighted by Crippen LogP contribution is 2.41. The summed E-state index contributed by atoms with van der Waals surface area (Å²) >= 11 is 0. The molecular formula is C38H49FN8O9. The third-order valence-corrected chi connectivity index (χ3v) is 9.57. The van der Waals surface area contributed by atoms with Crippen LogP contribution in [0.15, 0.2) is 47.4 Å². The quantitative estimate of drug-likeness (QED) is 0.139. The van der Waals surface area contributed by atoms with Gasteiger partial charge in [-0.1, -0.05) is 25.5 Å². The van der Waals surface area contributed by atoms with Crippen molar-refractivity contribution < 1.29 is 43.0 Å². The van der Waals surface area contributed by atoms with E-state index < -0.39 is 52.1 Å². The van der Waals surface area contributed by atoms with Gasteiger partial charge in [-0.3, -0.25) is 19.2 Å². The van der Waals surface area contributed by atoms with Crippen LogP contribution in [0.25, 0.3) is 10.9 Å². The van der Waals surface area contributed by atoms with Gasteiger partial charge in [-0.05, 0) is 62.9 Å². The average molecular weight is 781 g/mol. The zero-order chi connectivity index (χ0) is 41.0. The Labute approximate surface area is 322 Å². The number of carboxylic acids is 1. The number of piperazine rings is 1. The summed E-state index contributed by atoms with van der Waals surface area (Å²) in [4.78, 5) is 87.6. The number of rotatable bonds is 13. The molecule has 1 saturated carbocycles. The summed E-state index contributed by atoms with van der Waals surface area (Å²) in [7, 11) is 0. The first-order valence-corrected chi connectivity index (χ1v) is 18.5. The second-order valence-corrected chi connectivity index (χ2v) is 13.3. The SMILES string of the molecule is CCCNC(N)=O.CCNC(=O)C1(C(=O)NCC(=O)Nc2ccc(COC(=O)N3CCN(c4cc5c(cc4F)c(=O)c(C(=O)O)cn5CC)CC3)cc2)CCC1. The van der Waals surface area contributed by atoms with Crippen molar-refractivity contribution in [1.82, 2.24) is 25.4 Å². The highest BCUT2D eigenvalue weighted by Gasteiger charge is 2.50. The van der Waals surface area contributed by atoms with E-state index in [0.29, 0.717) is 62.3 Å². The lowest BCUT2D eigenvalue weighted by molar-refractivity contribution is -0.150. The molecule has 17 nitrogen and oxygen atoms in total. The van der Waals surface area contributed by atoms with Crippen molar-refractivity contribution in [2.45, 2.75) is 59.6 Å². The van der Waals surface area contributed by atoms with Gasteiger partial charge in [0, 0.05) is 63.1 Å². The van der Waals surface area contributed by atoms with Gasteiger partial charge in [0.05, 0.1) is 17.7 Å². The summed E-state index contributed by atoms with van der Waals surface area (Å²) in [5.74, 6) is -3.26. The molecule has 2 aromatic carbocycles. The Bertz CT molecular complexity index is 1990. The lowest BCUT2D eigenvalue weighted by atomic mass is 9.67. The number of pyridine rings is 1. The number of aromatic carboxylic acids is 1. The predicted molar refractivity (Wildman–Crippen MR) is 206 cm³/mol. The van der Waals surface area contributed by atoms with Crippen molar-refractivity contribution in [2.75, 3.05) is 56.0 Å². The largest absolute Gasteiger partial charge is 0.477 e. The molecule has 302 valence electrons. The number of carbonyl (C=O) groups excluding carboxylic acids is 5. The van der Waals surface area contributed by atoms with Gasteiger partial charge >= 0.3 is 18.1 Å². The molecule has 6 amide bonds. The molecule has 0 spiro atoms. The molecule has 1 aliphatic carbocycles.